The molecule has 3 aromatic carbocycles. The Kier molecular flexibility index (Phi) is 10.6. The summed E-state index contributed by atoms with van der Waals surface area (Å²) in [6.45, 7) is -0.424. The van der Waals surface area contributed by atoms with Crippen LogP contribution in [-0.4, -0.2) is 63.2 Å². The minimum Gasteiger partial charge on any atom is -0.493 e. The molecule has 1 aliphatic heterocycles. The zero-order valence-corrected chi connectivity index (χ0v) is 24.7. The molecule has 0 amide bonds. The average molecular weight is 616 g/mol. The number of sulfonamides is 1. The van der Waals surface area contributed by atoms with E-state index in [-0.39, 0.29) is 23.6 Å². The summed E-state index contributed by atoms with van der Waals surface area (Å²) in [6.07, 6.45) is 1.43. The van der Waals surface area contributed by atoms with Crippen molar-refractivity contribution in [2.45, 2.75) is 49.1 Å². The van der Waals surface area contributed by atoms with Gasteiger partial charge < -0.3 is 24.1 Å². The summed E-state index contributed by atoms with van der Waals surface area (Å²) in [5, 5.41) is 9.01. The smallest absolute Gasteiger partial charge is 0.341 e. The zero-order chi connectivity index (χ0) is 31.0. The van der Waals surface area contributed by atoms with Gasteiger partial charge in [0, 0.05) is 6.54 Å². The van der Waals surface area contributed by atoms with Crippen molar-refractivity contribution in [3.05, 3.63) is 83.7 Å². The van der Waals surface area contributed by atoms with Crippen molar-refractivity contribution in [2.24, 2.45) is 0 Å². The Balaban J connectivity index is 1.60. The fourth-order valence-electron chi connectivity index (χ4n) is 4.97. The number of aryl methyl sites for hydroxylation is 1. The highest BCUT2D eigenvalue weighted by Crippen LogP contribution is 2.33. The van der Waals surface area contributed by atoms with Gasteiger partial charge in [0.2, 0.25) is 10.0 Å². The SMILES string of the molecule is COc1ccc(CC[C@@H](OC(=O)[C@@H]2CCCCN2S(=O)(=O)c2ccc(F)cc2)c2cccc(OCC(=O)O)c2)cc1OC. The number of nitrogens with zero attached hydrogens (tertiary/aromatic N) is 1. The molecule has 1 aliphatic rings. The molecule has 10 nitrogen and oxygen atoms in total. The number of halogens is 1. The Morgan fingerprint density at radius 3 is 2.44 bits per heavy atom. The maximum Gasteiger partial charge on any atom is 0.341 e. The highest BCUT2D eigenvalue weighted by atomic mass is 32.2. The molecule has 1 heterocycles. The summed E-state index contributed by atoms with van der Waals surface area (Å²) in [6, 6.07) is 15.5. The zero-order valence-electron chi connectivity index (χ0n) is 23.9. The molecule has 0 saturated carbocycles. The first-order chi connectivity index (χ1) is 20.6. The quantitative estimate of drug-likeness (QED) is 0.271. The third-order valence-corrected chi connectivity index (χ3v) is 9.06. The summed E-state index contributed by atoms with van der Waals surface area (Å²) in [5.74, 6) is -1.02. The predicted molar refractivity (Wildman–Crippen MR) is 154 cm³/mol. The van der Waals surface area contributed by atoms with Gasteiger partial charge in [0.15, 0.2) is 18.1 Å². The van der Waals surface area contributed by atoms with Crippen molar-refractivity contribution in [3.8, 4) is 17.2 Å². The molecular weight excluding hydrogens is 581 g/mol. The van der Waals surface area contributed by atoms with E-state index in [0.29, 0.717) is 42.7 Å². The van der Waals surface area contributed by atoms with Crippen LogP contribution in [0.15, 0.2) is 71.6 Å². The molecule has 43 heavy (non-hydrogen) atoms. The van der Waals surface area contributed by atoms with Crippen LogP contribution in [0.5, 0.6) is 17.2 Å². The molecule has 1 N–H and O–H groups in total. The summed E-state index contributed by atoms with van der Waals surface area (Å²) in [4.78, 5) is 24.6. The van der Waals surface area contributed by atoms with E-state index in [9.17, 15) is 22.4 Å². The first kappa shape index (κ1) is 31.8. The molecule has 0 bridgehead atoms. The number of hydrogen-bond donors (Lipinski definition) is 1. The van der Waals surface area contributed by atoms with E-state index in [1.54, 1.807) is 30.3 Å². The Morgan fingerprint density at radius 1 is 1.00 bits per heavy atom. The molecule has 1 saturated heterocycles. The van der Waals surface area contributed by atoms with Gasteiger partial charge >= 0.3 is 11.9 Å². The van der Waals surface area contributed by atoms with Crippen LogP contribution in [0.4, 0.5) is 4.39 Å². The normalized spacial score (nSPS) is 16.2. The van der Waals surface area contributed by atoms with Crippen molar-refractivity contribution in [2.75, 3.05) is 27.4 Å². The van der Waals surface area contributed by atoms with Crippen molar-refractivity contribution in [1.29, 1.82) is 0 Å². The van der Waals surface area contributed by atoms with E-state index in [4.69, 9.17) is 24.1 Å². The van der Waals surface area contributed by atoms with Crippen molar-refractivity contribution >= 4 is 22.0 Å². The van der Waals surface area contributed by atoms with Crippen molar-refractivity contribution < 1.29 is 46.5 Å². The van der Waals surface area contributed by atoms with Crippen LogP contribution >= 0.6 is 0 Å². The summed E-state index contributed by atoms with van der Waals surface area (Å²) >= 11 is 0. The number of carbonyl (C=O) groups excluding carboxylic acids is 1. The Hall–Kier alpha value is -4.16. The molecular formula is C31H34FNO9S. The highest BCUT2D eigenvalue weighted by Gasteiger charge is 2.39. The number of esters is 1. The first-order valence-corrected chi connectivity index (χ1v) is 15.2. The molecule has 230 valence electrons. The number of carbonyl (C=O) groups is 2. The van der Waals surface area contributed by atoms with Gasteiger partial charge in [-0.1, -0.05) is 18.2 Å². The van der Waals surface area contributed by atoms with Crippen LogP contribution in [0.25, 0.3) is 0 Å². The number of ether oxygens (including phenoxy) is 4. The Bertz CT molecular complexity index is 1530. The molecule has 3 aromatic rings. The first-order valence-electron chi connectivity index (χ1n) is 13.8. The molecule has 2 atom stereocenters. The number of carboxylic acids is 1. The summed E-state index contributed by atoms with van der Waals surface area (Å²) in [5.41, 5.74) is 1.44. The number of piperidine rings is 1. The number of aliphatic carboxylic acids is 1. The Morgan fingerprint density at radius 2 is 1.74 bits per heavy atom. The monoisotopic (exact) mass is 615 g/mol. The minimum absolute atomic E-state index is 0.109. The van der Waals surface area contributed by atoms with E-state index in [1.807, 2.05) is 12.1 Å². The summed E-state index contributed by atoms with van der Waals surface area (Å²) in [7, 11) is -1.03. The standard InChI is InChI=1S/C31H34FNO9S/c1-39-28-16-10-21(18-29(28)40-2)9-15-27(22-6-5-7-24(19-22)41-20-30(34)35)42-31(36)26-8-3-4-17-33(26)43(37,38)25-13-11-23(32)12-14-25/h5-7,10-14,16,18-19,26-27H,3-4,8-9,15,17,20H2,1-2H3,(H,34,35)/t26-,27+/m0/s1. The number of benzene rings is 3. The van der Waals surface area contributed by atoms with Gasteiger partial charge in [-0.3, -0.25) is 4.79 Å². The second kappa shape index (κ2) is 14.3. The van der Waals surface area contributed by atoms with E-state index in [0.717, 1.165) is 22.0 Å². The molecule has 0 unspecified atom stereocenters. The molecule has 0 spiro atoms. The van der Waals surface area contributed by atoms with E-state index < -0.39 is 46.5 Å². The number of rotatable bonds is 13. The van der Waals surface area contributed by atoms with Gasteiger partial charge in [0.25, 0.3) is 0 Å². The van der Waals surface area contributed by atoms with E-state index in [2.05, 4.69) is 0 Å². The minimum atomic E-state index is -4.10. The van der Waals surface area contributed by atoms with Gasteiger partial charge in [0.05, 0.1) is 19.1 Å². The lowest BCUT2D eigenvalue weighted by molar-refractivity contribution is -0.155. The molecule has 0 radical (unpaired) electrons. The fraction of sp³-hybridized carbons (Fsp3) is 0.355. The third kappa shape index (κ3) is 8.02. The predicted octanol–water partition coefficient (Wildman–Crippen LogP) is 4.77. The van der Waals surface area contributed by atoms with Gasteiger partial charge in [-0.25, -0.2) is 17.6 Å². The second-order valence-corrected chi connectivity index (χ2v) is 11.9. The Labute approximate surface area is 250 Å². The number of carboxylic acid groups (broad SMARTS) is 1. The van der Waals surface area contributed by atoms with Crippen molar-refractivity contribution in [3.63, 3.8) is 0 Å². The van der Waals surface area contributed by atoms with Gasteiger partial charge in [0.1, 0.15) is 23.7 Å². The van der Waals surface area contributed by atoms with Crippen LogP contribution in [0, 0.1) is 5.82 Å². The highest BCUT2D eigenvalue weighted by molar-refractivity contribution is 7.89. The van der Waals surface area contributed by atoms with Crippen LogP contribution in [0.3, 0.4) is 0 Å². The molecule has 4 rings (SSSR count). The average Bonchev–Trinajstić information content (AvgIpc) is 3.02. The molecule has 1 fully saturated rings. The topological polar surface area (TPSA) is 129 Å². The van der Waals surface area contributed by atoms with E-state index >= 15 is 0 Å². The van der Waals surface area contributed by atoms with Gasteiger partial charge in [-0.2, -0.15) is 4.31 Å². The van der Waals surface area contributed by atoms with Crippen molar-refractivity contribution in [1.82, 2.24) is 4.31 Å². The lowest BCUT2D eigenvalue weighted by atomic mass is 10.00. The van der Waals surface area contributed by atoms with Crippen LogP contribution < -0.4 is 14.2 Å². The molecule has 12 heteroatoms. The van der Waals surface area contributed by atoms with Crippen LogP contribution in [0.2, 0.25) is 0 Å². The molecule has 0 aliphatic carbocycles. The van der Waals surface area contributed by atoms with Crippen LogP contribution in [0.1, 0.15) is 42.9 Å². The molecule has 0 aromatic heterocycles. The van der Waals surface area contributed by atoms with E-state index in [1.165, 1.54) is 26.4 Å². The fourth-order valence-corrected chi connectivity index (χ4v) is 6.61. The number of hydrogen-bond acceptors (Lipinski definition) is 8. The third-order valence-electron chi connectivity index (χ3n) is 7.14. The maximum atomic E-state index is 13.7. The van der Waals surface area contributed by atoms with Gasteiger partial charge in [-0.05, 0) is 91.8 Å². The number of methoxy groups -OCH3 is 2. The van der Waals surface area contributed by atoms with Gasteiger partial charge in [-0.15, -0.1) is 0 Å². The second-order valence-electron chi connectivity index (χ2n) is 9.99. The van der Waals surface area contributed by atoms with Crippen LogP contribution in [-0.2, 0) is 30.8 Å². The lowest BCUT2D eigenvalue weighted by Crippen LogP contribution is -2.48. The maximum absolute atomic E-state index is 13.7. The summed E-state index contributed by atoms with van der Waals surface area (Å²) < 4.78 is 63.6. The largest absolute Gasteiger partial charge is 0.493 e. The lowest BCUT2D eigenvalue weighted by Gasteiger charge is -2.34.